The van der Waals surface area contributed by atoms with Crippen molar-refractivity contribution in [3.05, 3.63) is 33.9 Å². The minimum absolute atomic E-state index is 0.0845. The minimum atomic E-state index is -0.330. The Morgan fingerprint density at radius 3 is 2.57 bits per heavy atom. The van der Waals surface area contributed by atoms with Crippen molar-refractivity contribution in [2.45, 2.75) is 51.6 Å². The van der Waals surface area contributed by atoms with E-state index < -0.39 is 0 Å². The summed E-state index contributed by atoms with van der Waals surface area (Å²) in [4.78, 5) is 12.9. The fourth-order valence-electron chi connectivity index (χ4n) is 3.82. The van der Waals surface area contributed by atoms with Gasteiger partial charge in [-0.2, -0.15) is 0 Å². The zero-order valence-corrected chi connectivity index (χ0v) is 14.1. The van der Waals surface area contributed by atoms with Crippen LogP contribution < -0.4 is 4.90 Å². The molecule has 0 radical (unpaired) electrons. The van der Waals surface area contributed by atoms with E-state index in [1.807, 2.05) is 13.0 Å². The maximum atomic E-state index is 10.9. The zero-order valence-electron chi connectivity index (χ0n) is 14.1. The first-order valence-electron chi connectivity index (χ1n) is 8.70. The number of benzene rings is 1. The van der Waals surface area contributed by atoms with Crippen LogP contribution in [0.3, 0.4) is 0 Å². The Balaban J connectivity index is 1.69. The van der Waals surface area contributed by atoms with Gasteiger partial charge in [-0.05, 0) is 56.6 Å². The van der Waals surface area contributed by atoms with E-state index in [-0.39, 0.29) is 16.2 Å². The Hall–Kier alpha value is -1.62. The van der Waals surface area contributed by atoms with Gasteiger partial charge in [0.15, 0.2) is 0 Å². The van der Waals surface area contributed by atoms with Gasteiger partial charge in [0.2, 0.25) is 0 Å². The van der Waals surface area contributed by atoms with Crippen LogP contribution in [-0.4, -0.2) is 30.2 Å². The van der Waals surface area contributed by atoms with Gasteiger partial charge in [0, 0.05) is 37.5 Å². The number of nitro benzene ring substituents is 1. The van der Waals surface area contributed by atoms with E-state index in [1.54, 1.807) is 12.1 Å². The average Bonchev–Trinajstić information content (AvgIpc) is 3.39. The Morgan fingerprint density at radius 1 is 1.35 bits per heavy atom. The second-order valence-electron chi connectivity index (χ2n) is 6.90. The van der Waals surface area contributed by atoms with Crippen molar-refractivity contribution in [3.63, 3.8) is 0 Å². The van der Waals surface area contributed by atoms with Crippen LogP contribution in [0.2, 0.25) is 0 Å². The maximum absolute atomic E-state index is 10.9. The highest BCUT2D eigenvalue weighted by Crippen LogP contribution is 2.48. The van der Waals surface area contributed by atoms with E-state index in [0.717, 1.165) is 56.1 Å². The second kappa shape index (κ2) is 6.48. The summed E-state index contributed by atoms with van der Waals surface area (Å²) in [5, 5.41) is 10.9. The molecule has 0 unspecified atom stereocenters. The third kappa shape index (κ3) is 3.34. The summed E-state index contributed by atoms with van der Waals surface area (Å²) in [6.45, 7) is 6.92. The SMILES string of the molecule is CCCOC1(C2CC2)CCN(c2ccc([N+](=O)[O-])cc2C)CC1. The molecule has 5 heteroatoms. The molecule has 1 aliphatic heterocycles. The molecule has 1 saturated heterocycles. The number of hydrogen-bond acceptors (Lipinski definition) is 4. The van der Waals surface area contributed by atoms with Crippen LogP contribution in [0.4, 0.5) is 11.4 Å². The highest BCUT2D eigenvalue weighted by Gasteiger charge is 2.47. The van der Waals surface area contributed by atoms with Crippen molar-refractivity contribution in [2.75, 3.05) is 24.6 Å². The molecule has 3 rings (SSSR count). The van der Waals surface area contributed by atoms with Crippen LogP contribution >= 0.6 is 0 Å². The van der Waals surface area contributed by atoms with Gasteiger partial charge in [-0.1, -0.05) is 6.92 Å². The Morgan fingerprint density at radius 2 is 2.04 bits per heavy atom. The summed E-state index contributed by atoms with van der Waals surface area (Å²) in [5.74, 6) is 0.745. The minimum Gasteiger partial charge on any atom is -0.375 e. The van der Waals surface area contributed by atoms with Crippen molar-refractivity contribution in [2.24, 2.45) is 5.92 Å². The number of nitrogens with zero attached hydrogens (tertiary/aromatic N) is 2. The predicted octanol–water partition coefficient (Wildman–Crippen LogP) is 4.08. The van der Waals surface area contributed by atoms with E-state index in [1.165, 1.54) is 12.8 Å². The van der Waals surface area contributed by atoms with Gasteiger partial charge >= 0.3 is 0 Å². The first-order chi connectivity index (χ1) is 11.1. The monoisotopic (exact) mass is 318 g/mol. The smallest absolute Gasteiger partial charge is 0.269 e. The number of ether oxygens (including phenoxy) is 1. The van der Waals surface area contributed by atoms with Crippen LogP contribution in [-0.2, 0) is 4.74 Å². The fraction of sp³-hybridized carbons (Fsp3) is 0.667. The lowest BCUT2D eigenvalue weighted by Crippen LogP contribution is -2.48. The molecule has 0 N–H and O–H groups in total. The summed E-state index contributed by atoms with van der Waals surface area (Å²) in [6, 6.07) is 5.18. The first kappa shape index (κ1) is 16.2. The molecule has 1 saturated carbocycles. The standard InChI is InChI=1S/C18H26N2O3/c1-3-12-23-18(15-4-5-15)8-10-19(11-9-18)17-7-6-16(20(21)22)13-14(17)2/h6-7,13,15H,3-5,8-12H2,1-2H3. The number of nitro groups is 1. The number of piperidine rings is 1. The Bertz CT molecular complexity index is 576. The molecule has 0 spiro atoms. The number of hydrogen-bond donors (Lipinski definition) is 0. The largest absolute Gasteiger partial charge is 0.375 e. The highest BCUT2D eigenvalue weighted by atomic mass is 16.6. The van der Waals surface area contributed by atoms with E-state index >= 15 is 0 Å². The number of aryl methyl sites for hydroxylation is 1. The summed E-state index contributed by atoms with van der Waals surface area (Å²) < 4.78 is 6.29. The second-order valence-corrected chi connectivity index (χ2v) is 6.90. The molecule has 0 amide bonds. The van der Waals surface area contributed by atoms with Crippen LogP contribution in [0.1, 0.15) is 44.6 Å². The third-order valence-electron chi connectivity index (χ3n) is 5.26. The molecule has 1 aromatic rings. The van der Waals surface area contributed by atoms with Gasteiger partial charge in [0.05, 0.1) is 10.5 Å². The number of non-ortho nitro benzene ring substituents is 1. The van der Waals surface area contributed by atoms with Gasteiger partial charge < -0.3 is 9.64 Å². The molecule has 23 heavy (non-hydrogen) atoms. The highest BCUT2D eigenvalue weighted by molar-refractivity contribution is 5.57. The molecule has 1 aliphatic carbocycles. The summed E-state index contributed by atoms with van der Waals surface area (Å²) in [7, 11) is 0. The molecule has 2 aliphatic rings. The van der Waals surface area contributed by atoms with E-state index in [4.69, 9.17) is 4.74 Å². The van der Waals surface area contributed by atoms with Crippen LogP contribution in [0, 0.1) is 23.0 Å². The zero-order chi connectivity index (χ0) is 16.4. The average molecular weight is 318 g/mol. The van der Waals surface area contributed by atoms with Crippen molar-refractivity contribution >= 4 is 11.4 Å². The van der Waals surface area contributed by atoms with Crippen molar-refractivity contribution < 1.29 is 9.66 Å². The first-order valence-corrected chi connectivity index (χ1v) is 8.70. The quantitative estimate of drug-likeness (QED) is 0.586. The summed E-state index contributed by atoms with van der Waals surface area (Å²) >= 11 is 0. The van der Waals surface area contributed by atoms with Crippen LogP contribution in [0.5, 0.6) is 0 Å². The summed E-state index contributed by atoms with van der Waals surface area (Å²) in [5.41, 5.74) is 2.35. The van der Waals surface area contributed by atoms with Gasteiger partial charge in [0.1, 0.15) is 0 Å². The van der Waals surface area contributed by atoms with Crippen molar-refractivity contribution in [1.29, 1.82) is 0 Å². The molecule has 126 valence electrons. The van der Waals surface area contributed by atoms with E-state index in [9.17, 15) is 10.1 Å². The Labute approximate surface area is 137 Å². The van der Waals surface area contributed by atoms with Crippen molar-refractivity contribution in [3.8, 4) is 0 Å². The third-order valence-corrected chi connectivity index (χ3v) is 5.26. The molecule has 5 nitrogen and oxygen atoms in total. The van der Waals surface area contributed by atoms with Gasteiger partial charge in [-0.3, -0.25) is 10.1 Å². The van der Waals surface area contributed by atoms with Crippen LogP contribution in [0.25, 0.3) is 0 Å². The molecule has 1 heterocycles. The lowest BCUT2D eigenvalue weighted by atomic mass is 9.85. The van der Waals surface area contributed by atoms with E-state index in [0.29, 0.717) is 0 Å². The maximum Gasteiger partial charge on any atom is 0.269 e. The molecular formula is C18H26N2O3. The molecule has 2 fully saturated rings. The van der Waals surface area contributed by atoms with Gasteiger partial charge in [0.25, 0.3) is 5.69 Å². The molecule has 0 atom stereocenters. The fourth-order valence-corrected chi connectivity index (χ4v) is 3.82. The normalized spacial score (nSPS) is 20.5. The van der Waals surface area contributed by atoms with Crippen molar-refractivity contribution in [1.82, 2.24) is 0 Å². The van der Waals surface area contributed by atoms with Gasteiger partial charge in [-0.15, -0.1) is 0 Å². The van der Waals surface area contributed by atoms with E-state index in [2.05, 4.69) is 11.8 Å². The molecule has 0 bridgehead atoms. The van der Waals surface area contributed by atoms with Crippen LogP contribution in [0.15, 0.2) is 18.2 Å². The Kier molecular flexibility index (Phi) is 4.57. The molecule has 1 aromatic carbocycles. The number of rotatable bonds is 6. The van der Waals surface area contributed by atoms with Gasteiger partial charge in [-0.25, -0.2) is 0 Å². The predicted molar refractivity (Wildman–Crippen MR) is 91.0 cm³/mol. The lowest BCUT2D eigenvalue weighted by Gasteiger charge is -2.43. The molecular weight excluding hydrogens is 292 g/mol. The molecule has 0 aromatic heterocycles. The number of anilines is 1. The lowest BCUT2D eigenvalue weighted by molar-refractivity contribution is -0.384. The topological polar surface area (TPSA) is 55.6 Å². The summed E-state index contributed by atoms with van der Waals surface area (Å²) in [6.07, 6.45) is 5.81.